The fraction of sp³-hybridized carbons (Fsp3) is 0.800. The van der Waals surface area contributed by atoms with Gasteiger partial charge in [-0.2, -0.15) is 0 Å². The highest BCUT2D eigenvalue weighted by atomic mass is 16.5. The molecule has 1 aliphatic heterocycles. The van der Waals surface area contributed by atoms with Crippen LogP contribution < -0.4 is 5.32 Å². The van der Waals surface area contributed by atoms with Gasteiger partial charge in [0.1, 0.15) is 6.10 Å². The predicted molar refractivity (Wildman–Crippen MR) is 53.4 cm³/mol. The summed E-state index contributed by atoms with van der Waals surface area (Å²) in [5.74, 6) is -1.23. The van der Waals surface area contributed by atoms with Gasteiger partial charge >= 0.3 is 5.97 Å². The van der Waals surface area contributed by atoms with Crippen LogP contribution in [0.15, 0.2) is 0 Å². The van der Waals surface area contributed by atoms with Crippen molar-refractivity contribution in [3.63, 3.8) is 0 Å². The molecule has 0 spiro atoms. The van der Waals surface area contributed by atoms with Crippen LogP contribution in [0, 0.1) is 0 Å². The first kappa shape index (κ1) is 12.0. The van der Waals surface area contributed by atoms with Crippen molar-refractivity contribution in [2.45, 2.75) is 51.4 Å². The van der Waals surface area contributed by atoms with Gasteiger partial charge in [0.25, 0.3) is 0 Å². The number of aliphatic carboxylic acids is 1. The maximum absolute atomic E-state index is 11.6. The van der Waals surface area contributed by atoms with Gasteiger partial charge in [-0.05, 0) is 33.6 Å². The van der Waals surface area contributed by atoms with Crippen LogP contribution in [-0.4, -0.2) is 34.7 Å². The number of carbonyl (C=O) groups excluding carboxylic acids is 1. The van der Waals surface area contributed by atoms with E-state index in [1.165, 1.54) is 0 Å². The molecule has 0 aromatic carbocycles. The SMILES string of the molecule is CC(C)(C)NC(=O)[C@@H]1CC[C@H](C(=O)O)O1. The highest BCUT2D eigenvalue weighted by molar-refractivity contribution is 5.83. The van der Waals surface area contributed by atoms with Crippen LogP contribution in [-0.2, 0) is 14.3 Å². The lowest BCUT2D eigenvalue weighted by atomic mass is 10.1. The molecule has 0 aromatic rings. The third-order valence-electron chi connectivity index (χ3n) is 2.09. The maximum atomic E-state index is 11.6. The van der Waals surface area contributed by atoms with Crippen molar-refractivity contribution < 1.29 is 19.4 Å². The van der Waals surface area contributed by atoms with Crippen LogP contribution in [0.5, 0.6) is 0 Å². The number of amides is 1. The predicted octanol–water partition coefficient (Wildman–Crippen LogP) is 0.533. The fourth-order valence-electron chi connectivity index (χ4n) is 1.46. The van der Waals surface area contributed by atoms with E-state index in [1.807, 2.05) is 20.8 Å². The summed E-state index contributed by atoms with van der Waals surface area (Å²) >= 11 is 0. The molecular weight excluding hydrogens is 198 g/mol. The molecule has 0 unspecified atom stereocenters. The quantitative estimate of drug-likeness (QED) is 0.704. The Morgan fingerprint density at radius 1 is 1.27 bits per heavy atom. The molecule has 1 fully saturated rings. The first-order valence-electron chi connectivity index (χ1n) is 5.00. The van der Waals surface area contributed by atoms with Crippen LogP contribution in [0.2, 0.25) is 0 Å². The van der Waals surface area contributed by atoms with Gasteiger partial charge in [-0.25, -0.2) is 4.79 Å². The third kappa shape index (κ3) is 3.51. The van der Waals surface area contributed by atoms with E-state index < -0.39 is 18.2 Å². The molecule has 2 N–H and O–H groups in total. The summed E-state index contributed by atoms with van der Waals surface area (Å²) in [5, 5.41) is 11.5. The number of ether oxygens (including phenoxy) is 1. The Labute approximate surface area is 88.8 Å². The lowest BCUT2D eigenvalue weighted by Crippen LogP contribution is -2.46. The molecular formula is C10H17NO4. The lowest BCUT2D eigenvalue weighted by Gasteiger charge is -2.22. The number of carboxylic acid groups (broad SMARTS) is 1. The normalized spacial score (nSPS) is 26.3. The van der Waals surface area contributed by atoms with Crippen LogP contribution in [0.3, 0.4) is 0 Å². The number of nitrogens with one attached hydrogen (secondary N) is 1. The minimum absolute atomic E-state index is 0.230. The standard InChI is InChI=1S/C10H17NO4/c1-10(2,3)11-8(12)6-4-5-7(15-6)9(13)14/h6-7H,4-5H2,1-3H3,(H,11,12)(H,13,14)/t6-,7+/m0/s1. The van der Waals surface area contributed by atoms with Crippen LogP contribution >= 0.6 is 0 Å². The summed E-state index contributed by atoms with van der Waals surface area (Å²) in [6.45, 7) is 5.61. The Kier molecular flexibility index (Phi) is 3.34. The molecule has 5 nitrogen and oxygen atoms in total. The largest absolute Gasteiger partial charge is 0.479 e. The fourth-order valence-corrected chi connectivity index (χ4v) is 1.46. The Hall–Kier alpha value is -1.10. The van der Waals surface area contributed by atoms with E-state index in [2.05, 4.69) is 5.32 Å². The number of rotatable bonds is 2. The summed E-state index contributed by atoms with van der Waals surface area (Å²) in [4.78, 5) is 22.2. The molecule has 0 saturated carbocycles. The molecule has 1 aliphatic rings. The summed E-state index contributed by atoms with van der Waals surface area (Å²) in [6.07, 6.45) is -0.581. The Balaban J connectivity index is 2.47. The van der Waals surface area contributed by atoms with Gasteiger partial charge in [-0.3, -0.25) is 4.79 Å². The molecule has 86 valence electrons. The molecule has 1 amide bonds. The van der Waals surface area contributed by atoms with Crippen molar-refractivity contribution in [3.05, 3.63) is 0 Å². The van der Waals surface area contributed by atoms with Crippen molar-refractivity contribution in [3.8, 4) is 0 Å². The Bertz CT molecular complexity index is 269. The van der Waals surface area contributed by atoms with E-state index in [4.69, 9.17) is 9.84 Å². The monoisotopic (exact) mass is 215 g/mol. The zero-order valence-corrected chi connectivity index (χ0v) is 9.24. The second-order valence-corrected chi connectivity index (χ2v) is 4.77. The van der Waals surface area contributed by atoms with E-state index in [9.17, 15) is 9.59 Å². The molecule has 0 bridgehead atoms. The number of hydrogen-bond acceptors (Lipinski definition) is 3. The van der Waals surface area contributed by atoms with Crippen molar-refractivity contribution in [1.82, 2.24) is 5.32 Å². The number of carboxylic acids is 1. The van der Waals surface area contributed by atoms with E-state index in [0.29, 0.717) is 12.8 Å². The van der Waals surface area contributed by atoms with Gasteiger partial charge in [0, 0.05) is 5.54 Å². The average Bonchev–Trinajstić information content (AvgIpc) is 2.47. The van der Waals surface area contributed by atoms with Gasteiger partial charge < -0.3 is 15.2 Å². The molecule has 15 heavy (non-hydrogen) atoms. The van der Waals surface area contributed by atoms with Gasteiger partial charge in [0.05, 0.1) is 0 Å². The second kappa shape index (κ2) is 4.18. The molecule has 1 rings (SSSR count). The van der Waals surface area contributed by atoms with Crippen LogP contribution in [0.1, 0.15) is 33.6 Å². The van der Waals surface area contributed by atoms with Gasteiger partial charge in [-0.1, -0.05) is 0 Å². The van der Waals surface area contributed by atoms with Crippen molar-refractivity contribution >= 4 is 11.9 Å². The molecule has 0 aliphatic carbocycles. The number of hydrogen-bond donors (Lipinski definition) is 2. The summed E-state index contributed by atoms with van der Waals surface area (Å²) < 4.78 is 5.12. The Morgan fingerprint density at radius 2 is 1.80 bits per heavy atom. The highest BCUT2D eigenvalue weighted by Crippen LogP contribution is 2.20. The van der Waals surface area contributed by atoms with Crippen molar-refractivity contribution in [2.75, 3.05) is 0 Å². The van der Waals surface area contributed by atoms with Crippen molar-refractivity contribution in [2.24, 2.45) is 0 Å². The van der Waals surface area contributed by atoms with E-state index >= 15 is 0 Å². The van der Waals surface area contributed by atoms with Gasteiger partial charge in [0.15, 0.2) is 6.10 Å². The first-order chi connectivity index (χ1) is 6.79. The topological polar surface area (TPSA) is 75.6 Å². The van der Waals surface area contributed by atoms with E-state index in [0.717, 1.165) is 0 Å². The highest BCUT2D eigenvalue weighted by Gasteiger charge is 2.35. The lowest BCUT2D eigenvalue weighted by molar-refractivity contribution is -0.152. The van der Waals surface area contributed by atoms with E-state index in [1.54, 1.807) is 0 Å². The smallest absolute Gasteiger partial charge is 0.332 e. The molecule has 1 heterocycles. The third-order valence-corrected chi connectivity index (χ3v) is 2.09. The first-order valence-corrected chi connectivity index (χ1v) is 5.00. The summed E-state index contributed by atoms with van der Waals surface area (Å²) in [7, 11) is 0. The van der Waals surface area contributed by atoms with E-state index in [-0.39, 0.29) is 11.4 Å². The molecule has 5 heteroatoms. The zero-order chi connectivity index (χ0) is 11.6. The Morgan fingerprint density at radius 3 is 2.20 bits per heavy atom. The maximum Gasteiger partial charge on any atom is 0.332 e. The molecule has 0 radical (unpaired) electrons. The van der Waals surface area contributed by atoms with Crippen LogP contribution in [0.4, 0.5) is 0 Å². The minimum atomic E-state index is -0.999. The van der Waals surface area contributed by atoms with Gasteiger partial charge in [0.2, 0.25) is 5.91 Å². The van der Waals surface area contributed by atoms with Crippen LogP contribution in [0.25, 0.3) is 0 Å². The second-order valence-electron chi connectivity index (χ2n) is 4.77. The zero-order valence-electron chi connectivity index (χ0n) is 9.24. The average molecular weight is 215 g/mol. The van der Waals surface area contributed by atoms with Crippen molar-refractivity contribution in [1.29, 1.82) is 0 Å². The summed E-state index contributed by atoms with van der Waals surface area (Å²) in [5.41, 5.74) is -0.318. The molecule has 0 aromatic heterocycles. The molecule has 1 saturated heterocycles. The number of carbonyl (C=O) groups is 2. The molecule has 2 atom stereocenters. The van der Waals surface area contributed by atoms with Gasteiger partial charge in [-0.15, -0.1) is 0 Å². The summed E-state index contributed by atoms with van der Waals surface area (Å²) in [6, 6.07) is 0. The minimum Gasteiger partial charge on any atom is -0.479 e.